The largest absolute Gasteiger partial charge is 0.326 e. The maximum atomic E-state index is 13.4. The van der Waals surface area contributed by atoms with Crippen molar-refractivity contribution in [3.8, 4) is 11.1 Å². The number of carbonyl (C=O) groups is 2. The molecule has 7 heteroatoms. The molecule has 1 aliphatic rings. The van der Waals surface area contributed by atoms with Crippen LogP contribution in [0.1, 0.15) is 50.4 Å². The van der Waals surface area contributed by atoms with E-state index in [1.165, 1.54) is 17.7 Å². The molecular formula is C24H25FN4O2. The number of fused-ring (bicyclic) bond motifs is 1. The van der Waals surface area contributed by atoms with Gasteiger partial charge in [-0.05, 0) is 47.7 Å². The number of aryl methyl sites for hydroxylation is 1. The van der Waals surface area contributed by atoms with E-state index in [2.05, 4.69) is 29.6 Å². The summed E-state index contributed by atoms with van der Waals surface area (Å²) in [6.45, 7) is 6.19. The molecule has 0 saturated heterocycles. The van der Waals surface area contributed by atoms with Crippen LogP contribution >= 0.6 is 0 Å². The smallest absolute Gasteiger partial charge is 0.251 e. The fourth-order valence-corrected chi connectivity index (χ4v) is 3.82. The van der Waals surface area contributed by atoms with E-state index in [1.807, 2.05) is 31.2 Å². The Morgan fingerprint density at radius 1 is 1.16 bits per heavy atom. The lowest BCUT2D eigenvalue weighted by molar-refractivity contribution is -0.123. The average Bonchev–Trinajstić information content (AvgIpc) is 3.24. The molecule has 0 fully saturated rings. The Morgan fingerprint density at radius 2 is 1.84 bits per heavy atom. The number of anilines is 2. The highest BCUT2D eigenvalue weighted by Crippen LogP contribution is 2.38. The first kappa shape index (κ1) is 20.8. The van der Waals surface area contributed by atoms with Crippen molar-refractivity contribution >= 4 is 23.3 Å². The van der Waals surface area contributed by atoms with Gasteiger partial charge in [0, 0.05) is 11.3 Å². The third kappa shape index (κ3) is 4.08. The van der Waals surface area contributed by atoms with Crippen LogP contribution in [0, 0.1) is 5.82 Å². The van der Waals surface area contributed by atoms with Gasteiger partial charge in [-0.3, -0.25) is 9.59 Å². The van der Waals surface area contributed by atoms with Gasteiger partial charge >= 0.3 is 0 Å². The van der Waals surface area contributed by atoms with Crippen molar-refractivity contribution in [2.75, 3.05) is 10.6 Å². The highest BCUT2D eigenvalue weighted by atomic mass is 19.1. The zero-order valence-electron chi connectivity index (χ0n) is 17.8. The second-order valence-corrected chi connectivity index (χ2v) is 8.01. The van der Waals surface area contributed by atoms with Gasteiger partial charge in [-0.15, -0.1) is 0 Å². The van der Waals surface area contributed by atoms with Gasteiger partial charge in [-0.2, -0.15) is 5.10 Å². The average molecular weight is 420 g/mol. The van der Waals surface area contributed by atoms with Gasteiger partial charge in [0.15, 0.2) is 0 Å². The first-order valence-electron chi connectivity index (χ1n) is 10.4. The number of hydrogen-bond acceptors (Lipinski definition) is 3. The predicted octanol–water partition coefficient (Wildman–Crippen LogP) is 4.90. The first-order valence-corrected chi connectivity index (χ1v) is 10.4. The summed E-state index contributed by atoms with van der Waals surface area (Å²) in [5.74, 6) is 0.0902. The Labute approximate surface area is 180 Å². The minimum atomic E-state index is -0.732. The van der Waals surface area contributed by atoms with E-state index in [-0.39, 0.29) is 24.1 Å². The molecule has 1 unspecified atom stereocenters. The standard InChI is InChI=1S/C24H25FN4O2/c1-4-19-22(16-5-9-17(25)10-6-16)23-27-24(31)20(29(23)28-19)13-21(30)26-18-11-7-15(8-12-18)14(2)3/h5-12,14,20H,4,13H2,1-3H3,(H,26,30)(H,27,31). The molecule has 0 saturated carbocycles. The molecule has 1 aromatic heterocycles. The number of carbonyl (C=O) groups excluding carboxylic acids is 2. The lowest BCUT2D eigenvalue weighted by Gasteiger charge is -2.11. The quantitative estimate of drug-likeness (QED) is 0.596. The van der Waals surface area contributed by atoms with Gasteiger partial charge in [0.25, 0.3) is 5.91 Å². The summed E-state index contributed by atoms with van der Waals surface area (Å²) in [4.78, 5) is 25.3. The van der Waals surface area contributed by atoms with E-state index in [1.54, 1.807) is 16.8 Å². The number of hydrogen-bond donors (Lipinski definition) is 2. The number of amides is 2. The molecular weight excluding hydrogens is 395 g/mol. The van der Waals surface area contributed by atoms with Crippen LogP contribution in [0.5, 0.6) is 0 Å². The maximum Gasteiger partial charge on any atom is 0.251 e. The van der Waals surface area contributed by atoms with E-state index >= 15 is 0 Å². The van der Waals surface area contributed by atoms with E-state index in [4.69, 9.17) is 0 Å². The van der Waals surface area contributed by atoms with Crippen molar-refractivity contribution in [1.29, 1.82) is 0 Å². The van der Waals surface area contributed by atoms with Crippen molar-refractivity contribution in [2.45, 2.75) is 45.6 Å². The Balaban J connectivity index is 1.55. The summed E-state index contributed by atoms with van der Waals surface area (Å²) in [5, 5.41) is 10.3. The van der Waals surface area contributed by atoms with Crippen LogP contribution in [-0.4, -0.2) is 21.6 Å². The van der Waals surface area contributed by atoms with Gasteiger partial charge in [0.05, 0.1) is 12.1 Å². The zero-order valence-corrected chi connectivity index (χ0v) is 17.8. The normalized spacial score (nSPS) is 15.1. The van der Waals surface area contributed by atoms with Crippen LogP contribution in [0.4, 0.5) is 15.9 Å². The highest BCUT2D eigenvalue weighted by molar-refractivity contribution is 6.04. The summed E-state index contributed by atoms with van der Waals surface area (Å²) in [6.07, 6.45) is 0.613. The molecule has 2 N–H and O–H groups in total. The lowest BCUT2D eigenvalue weighted by atomic mass is 10.0. The summed E-state index contributed by atoms with van der Waals surface area (Å²) in [6, 6.07) is 13.1. The van der Waals surface area contributed by atoms with Crippen molar-refractivity contribution in [3.05, 3.63) is 65.6 Å². The Bertz CT molecular complexity index is 1120. The van der Waals surface area contributed by atoms with E-state index in [0.29, 0.717) is 23.8 Å². The first-order chi connectivity index (χ1) is 14.9. The predicted molar refractivity (Wildman–Crippen MR) is 118 cm³/mol. The number of halogens is 1. The monoisotopic (exact) mass is 420 g/mol. The minimum Gasteiger partial charge on any atom is -0.326 e. The molecule has 2 heterocycles. The van der Waals surface area contributed by atoms with Crippen molar-refractivity contribution < 1.29 is 14.0 Å². The Hall–Kier alpha value is -3.48. The molecule has 3 aromatic rings. The zero-order chi connectivity index (χ0) is 22.1. The van der Waals surface area contributed by atoms with Gasteiger partial charge in [0.1, 0.15) is 17.7 Å². The Kier molecular flexibility index (Phi) is 5.59. The third-order valence-electron chi connectivity index (χ3n) is 5.53. The topological polar surface area (TPSA) is 76.0 Å². The van der Waals surface area contributed by atoms with Gasteiger partial charge in [-0.25, -0.2) is 9.07 Å². The van der Waals surface area contributed by atoms with Crippen molar-refractivity contribution in [2.24, 2.45) is 0 Å². The molecule has 31 heavy (non-hydrogen) atoms. The van der Waals surface area contributed by atoms with E-state index in [9.17, 15) is 14.0 Å². The number of rotatable bonds is 6. The third-order valence-corrected chi connectivity index (χ3v) is 5.53. The number of aromatic nitrogens is 2. The van der Waals surface area contributed by atoms with Crippen LogP contribution in [0.3, 0.4) is 0 Å². The number of benzene rings is 2. The summed E-state index contributed by atoms with van der Waals surface area (Å²) >= 11 is 0. The van der Waals surface area contributed by atoms with Crippen LogP contribution in [0.15, 0.2) is 48.5 Å². The molecule has 6 nitrogen and oxygen atoms in total. The van der Waals surface area contributed by atoms with Gasteiger partial charge in [0.2, 0.25) is 5.91 Å². The number of nitrogens with one attached hydrogen (secondary N) is 2. The molecule has 160 valence electrons. The fraction of sp³-hybridized carbons (Fsp3) is 0.292. The van der Waals surface area contributed by atoms with Crippen LogP contribution in [0.25, 0.3) is 11.1 Å². The summed E-state index contributed by atoms with van der Waals surface area (Å²) in [5.41, 5.74) is 4.21. The Morgan fingerprint density at radius 3 is 2.45 bits per heavy atom. The maximum absolute atomic E-state index is 13.4. The molecule has 0 radical (unpaired) electrons. The van der Waals surface area contributed by atoms with Gasteiger partial charge in [-0.1, -0.05) is 45.0 Å². The van der Waals surface area contributed by atoms with Crippen molar-refractivity contribution in [3.63, 3.8) is 0 Å². The molecule has 4 rings (SSSR count). The second-order valence-electron chi connectivity index (χ2n) is 8.01. The molecule has 0 aliphatic carbocycles. The van der Waals surface area contributed by atoms with Crippen LogP contribution in [0.2, 0.25) is 0 Å². The minimum absolute atomic E-state index is 0.0293. The highest BCUT2D eigenvalue weighted by Gasteiger charge is 2.36. The molecule has 2 aromatic carbocycles. The SMILES string of the molecule is CCc1nn2c(c1-c1ccc(F)cc1)NC(=O)C2CC(=O)Nc1ccc(C(C)C)cc1. The molecule has 1 aliphatic heterocycles. The van der Waals surface area contributed by atoms with Crippen LogP contribution in [-0.2, 0) is 16.0 Å². The molecule has 1 atom stereocenters. The van der Waals surface area contributed by atoms with Crippen molar-refractivity contribution in [1.82, 2.24) is 9.78 Å². The fourth-order valence-electron chi connectivity index (χ4n) is 3.82. The molecule has 2 amide bonds. The molecule has 0 bridgehead atoms. The van der Waals surface area contributed by atoms with Gasteiger partial charge < -0.3 is 10.6 Å². The summed E-state index contributed by atoms with van der Waals surface area (Å²) < 4.78 is 14.9. The van der Waals surface area contributed by atoms with Crippen LogP contribution < -0.4 is 10.6 Å². The second kappa shape index (κ2) is 8.34. The van der Waals surface area contributed by atoms with E-state index in [0.717, 1.165) is 16.8 Å². The van der Waals surface area contributed by atoms with E-state index < -0.39 is 6.04 Å². The lowest BCUT2D eigenvalue weighted by Crippen LogP contribution is -2.24. The molecule has 0 spiro atoms. The summed E-state index contributed by atoms with van der Waals surface area (Å²) in [7, 11) is 0. The number of nitrogens with zero attached hydrogens (tertiary/aromatic N) is 2.